The summed E-state index contributed by atoms with van der Waals surface area (Å²) in [6.07, 6.45) is 0. The number of carbonyl (C=O) groups is 1. The highest BCUT2D eigenvalue weighted by atomic mass is 35.5. The molecule has 0 bridgehead atoms. The monoisotopic (exact) mass is 421 g/mol. The van der Waals surface area contributed by atoms with Crippen LogP contribution in [0.1, 0.15) is 37.1 Å². The molecule has 2 aromatic carbocycles. The Morgan fingerprint density at radius 2 is 1.63 bits per heavy atom. The third-order valence-electron chi connectivity index (χ3n) is 3.46. The van der Waals surface area contributed by atoms with Gasteiger partial charge in [0.1, 0.15) is 0 Å². The van der Waals surface area contributed by atoms with Gasteiger partial charge in [-0.2, -0.15) is 0 Å². The molecule has 0 saturated carbocycles. The van der Waals surface area contributed by atoms with Crippen molar-refractivity contribution in [3.05, 3.63) is 70.7 Å². The van der Waals surface area contributed by atoms with Crippen LogP contribution in [0.25, 0.3) is 0 Å². The molecule has 1 amide bonds. The van der Waals surface area contributed by atoms with Crippen molar-refractivity contribution in [3.63, 3.8) is 0 Å². The number of nitrogens with one attached hydrogen (secondary N) is 3. The SMILES string of the molecule is CC(C)(C)NC(=S)NNC(=O)CS[C@@H](c1ccccc1)c1ccc(Cl)cc1. The van der Waals surface area contributed by atoms with Crippen molar-refractivity contribution < 1.29 is 4.79 Å². The van der Waals surface area contributed by atoms with E-state index in [2.05, 4.69) is 28.3 Å². The van der Waals surface area contributed by atoms with Crippen LogP contribution in [0.3, 0.4) is 0 Å². The van der Waals surface area contributed by atoms with E-state index < -0.39 is 0 Å². The molecule has 0 heterocycles. The number of hydrazine groups is 1. The molecule has 0 fully saturated rings. The van der Waals surface area contributed by atoms with Gasteiger partial charge in [-0.25, -0.2) is 0 Å². The smallest absolute Gasteiger partial charge is 0.248 e. The van der Waals surface area contributed by atoms with Gasteiger partial charge in [0.2, 0.25) is 5.91 Å². The summed E-state index contributed by atoms with van der Waals surface area (Å²) in [7, 11) is 0. The Hall–Kier alpha value is -1.76. The molecular weight excluding hydrogens is 398 g/mol. The molecule has 27 heavy (non-hydrogen) atoms. The highest BCUT2D eigenvalue weighted by Crippen LogP contribution is 2.35. The Kier molecular flexibility index (Phi) is 7.95. The molecule has 4 nitrogen and oxygen atoms in total. The van der Waals surface area contributed by atoms with Crippen molar-refractivity contribution in [1.29, 1.82) is 0 Å². The molecule has 2 aromatic rings. The Bertz CT molecular complexity index is 761. The summed E-state index contributed by atoms with van der Waals surface area (Å²) in [5.74, 6) is 0.140. The van der Waals surface area contributed by atoms with Crippen LogP contribution in [-0.2, 0) is 4.79 Å². The van der Waals surface area contributed by atoms with Crippen molar-refractivity contribution in [2.24, 2.45) is 0 Å². The minimum absolute atomic E-state index is 0.0360. The predicted molar refractivity (Wildman–Crippen MR) is 119 cm³/mol. The Balaban J connectivity index is 1.97. The van der Waals surface area contributed by atoms with Crippen LogP contribution in [0.4, 0.5) is 0 Å². The Morgan fingerprint density at radius 1 is 1.04 bits per heavy atom. The van der Waals surface area contributed by atoms with E-state index in [0.717, 1.165) is 11.1 Å². The highest BCUT2D eigenvalue weighted by molar-refractivity contribution is 8.00. The van der Waals surface area contributed by atoms with E-state index in [1.807, 2.05) is 63.2 Å². The zero-order chi connectivity index (χ0) is 19.9. The Morgan fingerprint density at radius 3 is 2.22 bits per heavy atom. The summed E-state index contributed by atoms with van der Waals surface area (Å²) < 4.78 is 0. The first-order valence-electron chi connectivity index (χ1n) is 8.53. The van der Waals surface area contributed by atoms with Crippen LogP contribution < -0.4 is 16.2 Å². The van der Waals surface area contributed by atoms with Gasteiger partial charge in [0.05, 0.1) is 11.0 Å². The summed E-state index contributed by atoms with van der Waals surface area (Å²) in [4.78, 5) is 12.2. The summed E-state index contributed by atoms with van der Waals surface area (Å²) in [5.41, 5.74) is 7.44. The molecule has 1 atom stereocenters. The van der Waals surface area contributed by atoms with Crippen molar-refractivity contribution in [3.8, 4) is 0 Å². The fourth-order valence-corrected chi connectivity index (χ4v) is 3.92. The van der Waals surface area contributed by atoms with Gasteiger partial charge in [0.15, 0.2) is 5.11 Å². The topological polar surface area (TPSA) is 53.2 Å². The Labute approximate surface area is 175 Å². The van der Waals surface area contributed by atoms with Crippen LogP contribution in [0.5, 0.6) is 0 Å². The molecule has 0 aliphatic rings. The van der Waals surface area contributed by atoms with Crippen LogP contribution in [-0.4, -0.2) is 22.3 Å². The molecule has 0 aliphatic carbocycles. The minimum atomic E-state index is -0.170. The number of thiocarbonyl (C=S) groups is 1. The van der Waals surface area contributed by atoms with E-state index in [9.17, 15) is 4.79 Å². The molecule has 3 N–H and O–H groups in total. The third kappa shape index (κ3) is 7.79. The van der Waals surface area contributed by atoms with Crippen LogP contribution >= 0.6 is 35.6 Å². The van der Waals surface area contributed by atoms with Crippen LogP contribution in [0.15, 0.2) is 54.6 Å². The highest BCUT2D eigenvalue weighted by Gasteiger charge is 2.17. The first-order valence-corrected chi connectivity index (χ1v) is 10.4. The van der Waals surface area contributed by atoms with E-state index in [1.54, 1.807) is 11.8 Å². The number of rotatable bonds is 5. The van der Waals surface area contributed by atoms with E-state index >= 15 is 0 Å². The average molecular weight is 422 g/mol. The van der Waals surface area contributed by atoms with Crippen molar-refractivity contribution in [2.75, 3.05) is 5.75 Å². The molecule has 0 aliphatic heterocycles. The molecule has 7 heteroatoms. The van der Waals surface area contributed by atoms with Gasteiger partial charge in [-0.15, -0.1) is 11.8 Å². The van der Waals surface area contributed by atoms with Crippen molar-refractivity contribution in [1.82, 2.24) is 16.2 Å². The summed E-state index contributed by atoms with van der Waals surface area (Å²) in [5, 5.41) is 4.20. The summed E-state index contributed by atoms with van der Waals surface area (Å²) in [6, 6.07) is 17.8. The number of halogens is 1. The molecule has 144 valence electrons. The fraction of sp³-hybridized carbons (Fsp3) is 0.300. The number of hydrogen-bond acceptors (Lipinski definition) is 3. The lowest BCUT2D eigenvalue weighted by atomic mass is 10.0. The van der Waals surface area contributed by atoms with Gasteiger partial charge in [-0.1, -0.05) is 54.1 Å². The number of carbonyl (C=O) groups excluding carboxylic acids is 1. The largest absolute Gasteiger partial charge is 0.357 e. The van der Waals surface area contributed by atoms with Gasteiger partial charge in [-0.05, 0) is 56.2 Å². The first-order chi connectivity index (χ1) is 12.7. The molecule has 0 aromatic heterocycles. The number of amides is 1. The van der Waals surface area contributed by atoms with Gasteiger partial charge in [0.25, 0.3) is 0 Å². The maximum atomic E-state index is 12.2. The third-order valence-corrected chi connectivity index (χ3v) is 5.22. The van der Waals surface area contributed by atoms with Crippen molar-refractivity contribution >= 4 is 46.6 Å². The summed E-state index contributed by atoms with van der Waals surface area (Å²) in [6.45, 7) is 5.99. The van der Waals surface area contributed by atoms with E-state index in [1.165, 1.54) is 0 Å². The van der Waals surface area contributed by atoms with E-state index in [0.29, 0.717) is 10.1 Å². The minimum Gasteiger partial charge on any atom is -0.357 e. The molecular formula is C20H24ClN3OS2. The number of benzene rings is 2. The van der Waals surface area contributed by atoms with E-state index in [-0.39, 0.29) is 22.4 Å². The van der Waals surface area contributed by atoms with Gasteiger partial charge >= 0.3 is 0 Å². The first kappa shape index (κ1) is 21.5. The zero-order valence-electron chi connectivity index (χ0n) is 15.6. The normalized spacial score (nSPS) is 12.1. The zero-order valence-corrected chi connectivity index (χ0v) is 18.0. The molecule has 2 rings (SSSR count). The maximum Gasteiger partial charge on any atom is 0.248 e. The van der Waals surface area contributed by atoms with Crippen molar-refractivity contribution in [2.45, 2.75) is 31.6 Å². The van der Waals surface area contributed by atoms with E-state index in [4.69, 9.17) is 23.8 Å². The summed E-state index contributed by atoms with van der Waals surface area (Å²) >= 11 is 12.7. The molecule has 0 saturated heterocycles. The quantitative estimate of drug-likeness (QED) is 0.491. The second-order valence-corrected chi connectivity index (χ2v) is 8.97. The standard InChI is InChI=1S/C20H24ClN3OS2/c1-20(2,3)22-19(26)24-23-17(25)13-27-18(14-7-5-4-6-8-14)15-9-11-16(21)12-10-15/h4-12,18H,13H2,1-3H3,(H,23,25)(H2,22,24,26)/t18-/m0/s1. The van der Waals surface area contributed by atoms with Crippen LogP contribution in [0.2, 0.25) is 5.02 Å². The second-order valence-electron chi connectivity index (χ2n) is 7.03. The lowest BCUT2D eigenvalue weighted by molar-refractivity contribution is -0.119. The number of hydrogen-bond donors (Lipinski definition) is 3. The lowest BCUT2D eigenvalue weighted by Gasteiger charge is -2.23. The van der Waals surface area contributed by atoms with Gasteiger partial charge in [-0.3, -0.25) is 15.6 Å². The molecule has 0 radical (unpaired) electrons. The molecule has 0 spiro atoms. The lowest BCUT2D eigenvalue weighted by Crippen LogP contribution is -2.52. The second kappa shape index (κ2) is 9.97. The fourth-order valence-electron chi connectivity index (χ4n) is 2.34. The van der Waals surface area contributed by atoms with Gasteiger partial charge < -0.3 is 5.32 Å². The van der Waals surface area contributed by atoms with Crippen LogP contribution in [0, 0.1) is 0 Å². The maximum absolute atomic E-state index is 12.2. The average Bonchev–Trinajstić information content (AvgIpc) is 2.61. The molecule has 0 unspecified atom stereocenters. The van der Waals surface area contributed by atoms with Gasteiger partial charge in [0, 0.05) is 10.6 Å². The predicted octanol–water partition coefficient (Wildman–Crippen LogP) is 4.46. The number of thioether (sulfide) groups is 1.